The first-order chi connectivity index (χ1) is 15.5. The Hall–Kier alpha value is -1.87. The van der Waals surface area contributed by atoms with Crippen molar-refractivity contribution < 1.29 is 0 Å². The summed E-state index contributed by atoms with van der Waals surface area (Å²) in [6.07, 6.45) is 9.79. The molecule has 0 N–H and O–H groups in total. The minimum absolute atomic E-state index is 0.426. The molecular weight excluding hydrogens is 390 g/mol. The van der Waals surface area contributed by atoms with Gasteiger partial charge in [0.15, 0.2) is 0 Å². The van der Waals surface area contributed by atoms with Crippen molar-refractivity contribution in [3.63, 3.8) is 0 Å². The Morgan fingerprint density at radius 3 is 2.22 bits per heavy atom. The summed E-state index contributed by atoms with van der Waals surface area (Å²) in [6.45, 7) is 15.4. The van der Waals surface area contributed by atoms with Gasteiger partial charge in [0, 0.05) is 49.5 Å². The summed E-state index contributed by atoms with van der Waals surface area (Å²) in [6, 6.07) is 13.7. The molecule has 32 heavy (non-hydrogen) atoms. The van der Waals surface area contributed by atoms with Crippen molar-refractivity contribution in [1.82, 2.24) is 9.88 Å². The first-order valence-corrected chi connectivity index (χ1v) is 13.0. The molecule has 2 heterocycles. The lowest BCUT2D eigenvalue weighted by Gasteiger charge is -2.37. The van der Waals surface area contributed by atoms with Gasteiger partial charge in [0.2, 0.25) is 0 Å². The third-order valence-corrected chi connectivity index (χ3v) is 7.92. The minimum atomic E-state index is 0.426. The Balaban J connectivity index is 1.42. The van der Waals surface area contributed by atoms with Crippen molar-refractivity contribution in [2.75, 3.05) is 37.6 Å². The molecule has 2 aromatic rings. The molecule has 1 aromatic heterocycles. The Labute approximate surface area is 196 Å². The second-order valence-corrected chi connectivity index (χ2v) is 11.1. The van der Waals surface area contributed by atoms with Crippen LogP contribution in [-0.2, 0) is 0 Å². The van der Waals surface area contributed by atoms with Crippen LogP contribution in [0.4, 0.5) is 5.69 Å². The third-order valence-electron chi connectivity index (χ3n) is 7.92. The van der Waals surface area contributed by atoms with Crippen LogP contribution >= 0.6 is 0 Å². The largest absolute Gasteiger partial charge is 0.369 e. The van der Waals surface area contributed by atoms with E-state index in [0.717, 1.165) is 19.0 Å². The number of pyridine rings is 1. The van der Waals surface area contributed by atoms with E-state index in [-0.39, 0.29) is 0 Å². The van der Waals surface area contributed by atoms with E-state index in [1.54, 1.807) is 0 Å². The molecule has 0 amide bonds. The molecule has 1 saturated carbocycles. The van der Waals surface area contributed by atoms with Gasteiger partial charge in [-0.05, 0) is 73.7 Å². The molecule has 1 aliphatic carbocycles. The molecular formula is C29H43N3. The highest BCUT2D eigenvalue weighted by atomic mass is 15.3. The van der Waals surface area contributed by atoms with Crippen LogP contribution in [-0.4, -0.2) is 42.6 Å². The molecule has 0 unspecified atom stereocenters. The van der Waals surface area contributed by atoms with Gasteiger partial charge in [0.1, 0.15) is 0 Å². The highest BCUT2D eigenvalue weighted by Gasteiger charge is 2.31. The maximum absolute atomic E-state index is 4.90. The van der Waals surface area contributed by atoms with Crippen molar-refractivity contribution in [1.29, 1.82) is 0 Å². The van der Waals surface area contributed by atoms with Crippen molar-refractivity contribution in [2.45, 2.75) is 72.1 Å². The molecule has 0 radical (unpaired) electrons. The lowest BCUT2D eigenvalue weighted by atomic mass is 9.69. The van der Waals surface area contributed by atoms with Crippen LogP contribution in [0.3, 0.4) is 0 Å². The van der Waals surface area contributed by atoms with E-state index in [4.69, 9.17) is 4.98 Å². The molecule has 2 fully saturated rings. The molecule has 4 rings (SSSR count). The van der Waals surface area contributed by atoms with Crippen LogP contribution in [0.25, 0.3) is 11.1 Å². The summed E-state index contributed by atoms with van der Waals surface area (Å²) in [5, 5.41) is 0. The summed E-state index contributed by atoms with van der Waals surface area (Å²) < 4.78 is 0. The van der Waals surface area contributed by atoms with Gasteiger partial charge in [0.05, 0.1) is 5.69 Å². The number of hydrogen-bond donors (Lipinski definition) is 0. The predicted molar refractivity (Wildman–Crippen MR) is 137 cm³/mol. The van der Waals surface area contributed by atoms with E-state index >= 15 is 0 Å². The highest BCUT2D eigenvalue weighted by Crippen LogP contribution is 2.44. The molecule has 0 bridgehead atoms. The Morgan fingerprint density at radius 1 is 0.906 bits per heavy atom. The van der Waals surface area contributed by atoms with Gasteiger partial charge in [-0.3, -0.25) is 9.88 Å². The molecule has 174 valence electrons. The fraction of sp³-hybridized carbons (Fsp3) is 0.621. The maximum Gasteiger partial charge on any atom is 0.0512 e. The summed E-state index contributed by atoms with van der Waals surface area (Å²) in [5.41, 5.74) is 5.76. The first kappa shape index (κ1) is 23.3. The highest BCUT2D eigenvalue weighted by molar-refractivity contribution is 5.69. The van der Waals surface area contributed by atoms with Crippen molar-refractivity contribution in [3.8, 4) is 11.1 Å². The summed E-state index contributed by atoms with van der Waals surface area (Å²) in [4.78, 5) is 10.1. The first-order valence-electron chi connectivity index (χ1n) is 13.0. The summed E-state index contributed by atoms with van der Waals surface area (Å²) in [7, 11) is 0. The van der Waals surface area contributed by atoms with Crippen LogP contribution in [0.2, 0.25) is 0 Å². The molecule has 0 atom stereocenters. The number of aromatic nitrogens is 1. The topological polar surface area (TPSA) is 19.4 Å². The average Bonchev–Trinajstić information content (AvgIpc) is 2.83. The zero-order chi connectivity index (χ0) is 22.6. The van der Waals surface area contributed by atoms with E-state index in [2.05, 4.69) is 73.9 Å². The smallest absolute Gasteiger partial charge is 0.0512 e. The van der Waals surface area contributed by atoms with E-state index in [9.17, 15) is 0 Å². The maximum atomic E-state index is 4.90. The molecule has 1 aromatic carbocycles. The van der Waals surface area contributed by atoms with Crippen molar-refractivity contribution in [2.24, 2.45) is 11.3 Å². The third kappa shape index (κ3) is 5.54. The van der Waals surface area contributed by atoms with Gasteiger partial charge in [-0.2, -0.15) is 0 Å². The number of piperazine rings is 1. The Kier molecular flexibility index (Phi) is 7.55. The number of anilines is 1. The normalized spacial score (nSPS) is 22.8. The van der Waals surface area contributed by atoms with Gasteiger partial charge in [0.25, 0.3) is 0 Å². The summed E-state index contributed by atoms with van der Waals surface area (Å²) in [5.74, 6) is 1.44. The summed E-state index contributed by atoms with van der Waals surface area (Å²) >= 11 is 0. The van der Waals surface area contributed by atoms with Crippen LogP contribution in [0.15, 0.2) is 42.6 Å². The Morgan fingerprint density at radius 2 is 1.59 bits per heavy atom. The molecule has 2 aliphatic rings. The minimum Gasteiger partial charge on any atom is -0.369 e. The van der Waals surface area contributed by atoms with Gasteiger partial charge in [-0.15, -0.1) is 0 Å². The molecule has 3 heteroatoms. The van der Waals surface area contributed by atoms with E-state index in [0.29, 0.717) is 11.3 Å². The van der Waals surface area contributed by atoms with Gasteiger partial charge >= 0.3 is 0 Å². The number of benzene rings is 1. The van der Waals surface area contributed by atoms with Crippen LogP contribution in [0.1, 0.15) is 77.8 Å². The SMILES string of the molecule is CCCCN1CCN(c2ccc(-c3cccnc3C3CCC(C(C)(C)C)CC3)cc2)CC1. The van der Waals surface area contributed by atoms with E-state index < -0.39 is 0 Å². The number of nitrogens with zero attached hydrogens (tertiary/aromatic N) is 3. The van der Waals surface area contributed by atoms with E-state index in [1.807, 2.05) is 6.20 Å². The van der Waals surface area contributed by atoms with Crippen molar-refractivity contribution >= 4 is 5.69 Å². The van der Waals surface area contributed by atoms with Crippen LogP contribution in [0.5, 0.6) is 0 Å². The number of hydrogen-bond acceptors (Lipinski definition) is 3. The molecule has 1 saturated heterocycles. The average molecular weight is 434 g/mol. The standard InChI is InChI=1S/C29H43N3/c1-5-6-18-31-19-21-32(22-20-31)26-15-11-23(12-16-26)27-8-7-17-30-28(27)24-9-13-25(14-10-24)29(2,3)4/h7-8,11-12,15-17,24-25H,5-6,9-10,13-14,18-22H2,1-4H3. The molecule has 3 nitrogen and oxygen atoms in total. The predicted octanol–water partition coefficient (Wildman–Crippen LogP) is 6.99. The lowest BCUT2D eigenvalue weighted by molar-refractivity contribution is 0.168. The zero-order valence-corrected chi connectivity index (χ0v) is 20.8. The van der Waals surface area contributed by atoms with E-state index in [1.165, 1.54) is 80.7 Å². The fourth-order valence-electron chi connectivity index (χ4n) is 5.68. The van der Waals surface area contributed by atoms with Crippen LogP contribution in [0, 0.1) is 11.3 Å². The quantitative estimate of drug-likeness (QED) is 0.489. The zero-order valence-electron chi connectivity index (χ0n) is 20.8. The van der Waals surface area contributed by atoms with Gasteiger partial charge < -0.3 is 4.90 Å². The fourth-order valence-corrected chi connectivity index (χ4v) is 5.68. The van der Waals surface area contributed by atoms with Crippen LogP contribution < -0.4 is 4.90 Å². The van der Waals surface area contributed by atoms with Crippen molar-refractivity contribution in [3.05, 3.63) is 48.3 Å². The lowest BCUT2D eigenvalue weighted by Crippen LogP contribution is -2.46. The second-order valence-electron chi connectivity index (χ2n) is 11.1. The number of rotatable bonds is 6. The number of unbranched alkanes of at least 4 members (excludes halogenated alkanes) is 1. The monoisotopic (exact) mass is 433 g/mol. The molecule has 1 aliphatic heterocycles. The van der Waals surface area contributed by atoms with Gasteiger partial charge in [-0.1, -0.05) is 52.3 Å². The van der Waals surface area contributed by atoms with Gasteiger partial charge in [-0.25, -0.2) is 0 Å². The Bertz CT molecular complexity index is 835. The second kappa shape index (κ2) is 10.4. The molecule has 0 spiro atoms.